The molecule has 4 aromatic rings. The van der Waals surface area contributed by atoms with Crippen LogP contribution in [0.3, 0.4) is 0 Å². The quantitative estimate of drug-likeness (QED) is 0.313. The average Bonchev–Trinajstić information content (AvgIpc) is 3.34. The minimum absolute atomic E-state index is 0.113. The lowest BCUT2D eigenvalue weighted by atomic mass is 10.1. The zero-order valence-corrected chi connectivity index (χ0v) is 22.5. The highest BCUT2D eigenvalue weighted by Gasteiger charge is 2.42. The second-order valence-corrected chi connectivity index (χ2v) is 10.1. The maximum Gasteiger partial charge on any atom is 0.394 e. The molecule has 1 saturated heterocycles. The van der Waals surface area contributed by atoms with Gasteiger partial charge in [0, 0.05) is 31.8 Å². The first-order valence-electron chi connectivity index (χ1n) is 13.7. The lowest BCUT2D eigenvalue weighted by molar-refractivity contribution is -0.181. The normalized spacial score (nSPS) is 17.4. The Bertz CT molecular complexity index is 1640. The largest absolute Gasteiger partial charge is 0.429 e. The van der Waals surface area contributed by atoms with Crippen LogP contribution in [0.4, 0.5) is 16.3 Å². The molecule has 0 spiro atoms. The monoisotopic (exact) mass is 560 g/mol. The second-order valence-electron chi connectivity index (χ2n) is 10.1. The van der Waals surface area contributed by atoms with Crippen LogP contribution in [-0.4, -0.2) is 50.2 Å². The Morgan fingerprint density at radius 3 is 2.56 bits per heavy atom. The molecule has 1 atom stereocenters. The third kappa shape index (κ3) is 5.12. The van der Waals surface area contributed by atoms with Gasteiger partial charge in [0.1, 0.15) is 5.82 Å². The fourth-order valence-electron chi connectivity index (χ4n) is 5.34. The molecule has 0 radical (unpaired) electrons. The van der Waals surface area contributed by atoms with Gasteiger partial charge in [-0.25, -0.2) is 23.7 Å². The van der Waals surface area contributed by atoms with Gasteiger partial charge in [0.25, 0.3) is 11.8 Å². The number of halogens is 1. The molecular weight excluding hydrogens is 531 g/mol. The number of carbonyl (C=O) groups excluding carboxylic acids is 2. The van der Waals surface area contributed by atoms with E-state index in [9.17, 15) is 18.8 Å². The molecule has 11 nitrogen and oxygen atoms in total. The van der Waals surface area contributed by atoms with Gasteiger partial charge in [-0.3, -0.25) is 9.59 Å². The van der Waals surface area contributed by atoms with Crippen LogP contribution < -0.4 is 15.5 Å². The van der Waals surface area contributed by atoms with Crippen LogP contribution in [0.5, 0.6) is 0 Å². The molecular formula is C29H29FN6O5. The number of para-hydroxylation sites is 2. The van der Waals surface area contributed by atoms with Crippen LogP contribution >= 0.6 is 0 Å². The summed E-state index contributed by atoms with van der Waals surface area (Å²) < 4.78 is 22.0. The van der Waals surface area contributed by atoms with E-state index in [1.165, 1.54) is 29.5 Å². The summed E-state index contributed by atoms with van der Waals surface area (Å²) in [4.78, 5) is 54.9. The van der Waals surface area contributed by atoms with Gasteiger partial charge >= 0.3 is 11.9 Å². The highest BCUT2D eigenvalue weighted by Crippen LogP contribution is 2.32. The van der Waals surface area contributed by atoms with Crippen molar-refractivity contribution in [3.63, 3.8) is 0 Å². The van der Waals surface area contributed by atoms with E-state index in [2.05, 4.69) is 14.5 Å². The summed E-state index contributed by atoms with van der Waals surface area (Å²) in [6.07, 6.45) is 1.64. The van der Waals surface area contributed by atoms with Crippen LogP contribution in [0.15, 0.2) is 65.6 Å². The summed E-state index contributed by atoms with van der Waals surface area (Å²) in [6, 6.07) is 15.3. The number of esters is 1. The molecule has 4 heterocycles. The van der Waals surface area contributed by atoms with Crippen molar-refractivity contribution in [3.8, 4) is 0 Å². The number of carbonyl (C=O) groups is 2. The summed E-state index contributed by atoms with van der Waals surface area (Å²) in [6.45, 7) is 3.53. The molecule has 0 saturated carbocycles. The topological polar surface area (TPSA) is 112 Å². The fourth-order valence-corrected chi connectivity index (χ4v) is 5.34. The zero-order valence-electron chi connectivity index (χ0n) is 22.5. The fraction of sp³-hybridized carbons (Fsp3) is 0.345. The number of hydrogen-bond donors (Lipinski definition) is 0. The lowest BCUT2D eigenvalue weighted by Crippen LogP contribution is -2.53. The van der Waals surface area contributed by atoms with E-state index < -0.39 is 23.7 Å². The highest BCUT2D eigenvalue weighted by molar-refractivity contribution is 5.80. The summed E-state index contributed by atoms with van der Waals surface area (Å²) in [5.74, 6) is -0.814. The first kappa shape index (κ1) is 26.5. The van der Waals surface area contributed by atoms with Crippen LogP contribution in [0.2, 0.25) is 0 Å². The highest BCUT2D eigenvalue weighted by atomic mass is 19.1. The Morgan fingerprint density at radius 1 is 1.05 bits per heavy atom. The SMILES string of the molecule is CCCC(=O)OC1C(=O)ON(C2CCN(c3nc4ccccc4n3Cc3ccc(F)cc3)CC2)c2nccc(=O)n21. The standard InChI is InChI=1S/C29H29FN6O5/c1-2-5-25(38)40-26-27(39)41-36(28-31-15-12-24(37)35(26)28)21-13-16-33(17-14-21)29-32-22-6-3-4-7-23(22)34(29)18-19-8-10-20(30)11-9-19/h3-4,6-12,15,21,26H,2,5,13-14,16-18H2,1H3. The Labute approximate surface area is 234 Å². The van der Waals surface area contributed by atoms with Gasteiger partial charge in [-0.1, -0.05) is 31.2 Å². The number of benzene rings is 2. The summed E-state index contributed by atoms with van der Waals surface area (Å²) in [7, 11) is 0. The third-order valence-corrected chi connectivity index (χ3v) is 7.35. The van der Waals surface area contributed by atoms with Gasteiger partial charge in [-0.05, 0) is 49.1 Å². The smallest absolute Gasteiger partial charge is 0.394 e. The predicted molar refractivity (Wildman–Crippen MR) is 148 cm³/mol. The van der Waals surface area contributed by atoms with E-state index >= 15 is 0 Å². The minimum atomic E-state index is -1.52. The number of piperidine rings is 1. The minimum Gasteiger partial charge on any atom is -0.429 e. The molecule has 1 fully saturated rings. The van der Waals surface area contributed by atoms with Gasteiger partial charge in [0.15, 0.2) is 0 Å². The molecule has 0 bridgehead atoms. The molecule has 41 heavy (non-hydrogen) atoms. The zero-order chi connectivity index (χ0) is 28.5. The Hall–Kier alpha value is -4.74. The Morgan fingerprint density at radius 2 is 1.80 bits per heavy atom. The summed E-state index contributed by atoms with van der Waals surface area (Å²) in [5.41, 5.74) is 2.27. The van der Waals surface area contributed by atoms with Crippen molar-refractivity contribution in [1.29, 1.82) is 0 Å². The molecule has 12 heteroatoms. The first-order chi connectivity index (χ1) is 19.9. The molecule has 2 aliphatic heterocycles. The van der Waals surface area contributed by atoms with Crippen molar-refractivity contribution in [2.24, 2.45) is 0 Å². The molecule has 1 unspecified atom stereocenters. The molecule has 212 valence electrons. The average molecular weight is 561 g/mol. The molecule has 2 aliphatic rings. The van der Waals surface area contributed by atoms with E-state index in [1.807, 2.05) is 31.2 Å². The van der Waals surface area contributed by atoms with Crippen molar-refractivity contribution in [2.45, 2.75) is 51.4 Å². The molecule has 2 aromatic carbocycles. The van der Waals surface area contributed by atoms with Crippen molar-refractivity contribution in [1.82, 2.24) is 19.1 Å². The summed E-state index contributed by atoms with van der Waals surface area (Å²) >= 11 is 0. The van der Waals surface area contributed by atoms with Crippen LogP contribution in [0.1, 0.15) is 44.4 Å². The lowest BCUT2D eigenvalue weighted by Gasteiger charge is -2.40. The maximum absolute atomic E-state index is 13.5. The third-order valence-electron chi connectivity index (χ3n) is 7.35. The molecule has 0 N–H and O–H groups in total. The van der Waals surface area contributed by atoms with Crippen molar-refractivity contribution >= 4 is 34.9 Å². The van der Waals surface area contributed by atoms with Gasteiger partial charge in [-0.2, -0.15) is 5.06 Å². The van der Waals surface area contributed by atoms with Crippen LogP contribution in [0, 0.1) is 5.82 Å². The van der Waals surface area contributed by atoms with Crippen LogP contribution in [0.25, 0.3) is 11.0 Å². The number of nitrogens with zero attached hydrogens (tertiary/aromatic N) is 6. The van der Waals surface area contributed by atoms with Crippen molar-refractivity contribution in [3.05, 3.63) is 82.5 Å². The first-order valence-corrected chi connectivity index (χ1v) is 13.7. The molecule has 0 aliphatic carbocycles. The number of aromatic nitrogens is 4. The number of fused-ring (bicyclic) bond motifs is 2. The maximum atomic E-state index is 13.5. The molecule has 2 aromatic heterocycles. The van der Waals surface area contributed by atoms with Gasteiger partial charge in [0.05, 0.1) is 23.6 Å². The van der Waals surface area contributed by atoms with E-state index in [-0.39, 0.29) is 24.2 Å². The Kier molecular flexibility index (Phi) is 7.12. The van der Waals surface area contributed by atoms with E-state index in [4.69, 9.17) is 14.6 Å². The molecule has 6 rings (SSSR count). The summed E-state index contributed by atoms with van der Waals surface area (Å²) in [5, 5.41) is 1.37. The number of ether oxygens (including phenoxy) is 1. The Balaban J connectivity index is 1.24. The predicted octanol–water partition coefficient (Wildman–Crippen LogP) is 3.57. The van der Waals surface area contributed by atoms with E-state index in [0.717, 1.165) is 27.1 Å². The number of rotatable bonds is 7. The number of hydroxylamine groups is 1. The van der Waals surface area contributed by atoms with Gasteiger partial charge in [0.2, 0.25) is 11.9 Å². The van der Waals surface area contributed by atoms with Gasteiger partial charge in [-0.15, -0.1) is 0 Å². The number of hydrogen-bond acceptors (Lipinski definition) is 9. The van der Waals surface area contributed by atoms with Crippen molar-refractivity contribution < 1.29 is 23.6 Å². The van der Waals surface area contributed by atoms with E-state index in [1.54, 1.807) is 12.1 Å². The van der Waals surface area contributed by atoms with E-state index in [0.29, 0.717) is 38.9 Å². The number of anilines is 2. The van der Waals surface area contributed by atoms with Crippen molar-refractivity contribution in [2.75, 3.05) is 23.1 Å². The van der Waals surface area contributed by atoms with Gasteiger partial charge < -0.3 is 19.0 Å². The molecule has 0 amide bonds. The number of imidazole rings is 1. The second kappa shape index (κ2) is 11.0. The van der Waals surface area contributed by atoms with Crippen LogP contribution in [-0.2, 0) is 25.7 Å².